The Hall–Kier alpha value is -0.120. The number of nitrogens with zero attached hydrogens (tertiary/aromatic N) is 2. The molecule has 1 aliphatic rings. The van der Waals surface area contributed by atoms with Crippen molar-refractivity contribution in [1.82, 2.24) is 15.1 Å². The van der Waals surface area contributed by atoms with Crippen LogP contribution in [-0.4, -0.2) is 62.7 Å². The van der Waals surface area contributed by atoms with Gasteiger partial charge in [-0.2, -0.15) is 0 Å². The van der Waals surface area contributed by atoms with Gasteiger partial charge in [0.25, 0.3) is 0 Å². The molecule has 0 spiro atoms. The summed E-state index contributed by atoms with van der Waals surface area (Å²) in [7, 11) is 2.25. The van der Waals surface area contributed by atoms with Gasteiger partial charge in [0.1, 0.15) is 0 Å². The van der Waals surface area contributed by atoms with E-state index in [-0.39, 0.29) is 0 Å². The molecule has 3 heteroatoms. The molecule has 1 rings (SSSR count). The maximum absolute atomic E-state index is 3.45. The second-order valence-corrected chi connectivity index (χ2v) is 4.96. The van der Waals surface area contributed by atoms with E-state index in [1.54, 1.807) is 0 Å². The Morgan fingerprint density at radius 3 is 2.56 bits per heavy atom. The van der Waals surface area contributed by atoms with Crippen molar-refractivity contribution in [1.29, 1.82) is 0 Å². The molecule has 0 aromatic heterocycles. The summed E-state index contributed by atoms with van der Waals surface area (Å²) in [5.74, 6) is 0. The van der Waals surface area contributed by atoms with Crippen molar-refractivity contribution >= 4 is 0 Å². The molecule has 0 bridgehead atoms. The minimum atomic E-state index is 1.16. The molecular formula is C13H29N3. The summed E-state index contributed by atoms with van der Waals surface area (Å²) in [6, 6.07) is 0. The van der Waals surface area contributed by atoms with Crippen LogP contribution in [0, 0.1) is 0 Å². The SMILES string of the molecule is CCCNCCCN(C)CCN1CCCC1. The van der Waals surface area contributed by atoms with Crippen LogP contribution in [0.3, 0.4) is 0 Å². The third-order valence-electron chi connectivity index (χ3n) is 3.32. The quantitative estimate of drug-likeness (QED) is 0.601. The lowest BCUT2D eigenvalue weighted by Gasteiger charge is -2.21. The molecule has 16 heavy (non-hydrogen) atoms. The summed E-state index contributed by atoms with van der Waals surface area (Å²) in [6.45, 7) is 10.9. The average molecular weight is 227 g/mol. The molecule has 0 amide bonds. The van der Waals surface area contributed by atoms with E-state index in [2.05, 4.69) is 29.1 Å². The van der Waals surface area contributed by atoms with Crippen LogP contribution in [0.25, 0.3) is 0 Å². The molecule has 0 aromatic carbocycles. The molecule has 0 unspecified atom stereocenters. The largest absolute Gasteiger partial charge is 0.317 e. The van der Waals surface area contributed by atoms with Crippen molar-refractivity contribution in [3.63, 3.8) is 0 Å². The third-order valence-corrected chi connectivity index (χ3v) is 3.32. The highest BCUT2D eigenvalue weighted by Crippen LogP contribution is 2.06. The molecule has 3 nitrogen and oxygen atoms in total. The van der Waals surface area contributed by atoms with E-state index in [9.17, 15) is 0 Å². The molecule has 1 N–H and O–H groups in total. The second-order valence-electron chi connectivity index (χ2n) is 4.96. The molecule has 1 aliphatic heterocycles. The molecule has 1 fully saturated rings. The molecule has 0 radical (unpaired) electrons. The zero-order valence-corrected chi connectivity index (χ0v) is 11.2. The normalized spacial score (nSPS) is 17.4. The Labute approximate surface area is 101 Å². The van der Waals surface area contributed by atoms with E-state index in [4.69, 9.17) is 0 Å². The van der Waals surface area contributed by atoms with Crippen molar-refractivity contribution in [2.75, 3.05) is 52.9 Å². The second kappa shape index (κ2) is 8.97. The Bertz CT molecular complexity index is 155. The average Bonchev–Trinajstić information content (AvgIpc) is 2.79. The van der Waals surface area contributed by atoms with Gasteiger partial charge < -0.3 is 15.1 Å². The first kappa shape index (κ1) is 13.9. The van der Waals surface area contributed by atoms with E-state index >= 15 is 0 Å². The Kier molecular flexibility index (Phi) is 7.81. The van der Waals surface area contributed by atoms with Crippen LogP contribution in [-0.2, 0) is 0 Å². The summed E-state index contributed by atoms with van der Waals surface area (Å²) in [5, 5.41) is 3.45. The smallest absolute Gasteiger partial charge is 0.0109 e. The molecule has 0 aliphatic carbocycles. The van der Waals surface area contributed by atoms with E-state index in [1.165, 1.54) is 65.0 Å². The fourth-order valence-corrected chi connectivity index (χ4v) is 2.21. The van der Waals surface area contributed by atoms with Crippen LogP contribution in [0.5, 0.6) is 0 Å². The van der Waals surface area contributed by atoms with Crippen LogP contribution in [0.15, 0.2) is 0 Å². The molecule has 0 aromatic rings. The van der Waals surface area contributed by atoms with E-state index in [0.29, 0.717) is 0 Å². The van der Waals surface area contributed by atoms with Crippen LogP contribution in [0.2, 0.25) is 0 Å². The Morgan fingerprint density at radius 2 is 1.88 bits per heavy atom. The van der Waals surface area contributed by atoms with Gasteiger partial charge >= 0.3 is 0 Å². The zero-order valence-electron chi connectivity index (χ0n) is 11.2. The Balaban J connectivity index is 1.87. The standard InChI is InChI=1S/C13H29N3/c1-3-7-14-8-6-9-15(2)12-13-16-10-4-5-11-16/h14H,3-13H2,1-2H3. The van der Waals surface area contributed by atoms with Crippen molar-refractivity contribution in [2.45, 2.75) is 32.6 Å². The Morgan fingerprint density at radius 1 is 1.12 bits per heavy atom. The lowest BCUT2D eigenvalue weighted by Crippen LogP contribution is -2.33. The number of hydrogen-bond donors (Lipinski definition) is 1. The number of rotatable bonds is 9. The summed E-state index contributed by atoms with van der Waals surface area (Å²) >= 11 is 0. The van der Waals surface area contributed by atoms with Gasteiger partial charge in [-0.05, 0) is 65.5 Å². The lowest BCUT2D eigenvalue weighted by atomic mass is 10.3. The molecule has 0 saturated carbocycles. The molecular weight excluding hydrogens is 198 g/mol. The van der Waals surface area contributed by atoms with Gasteiger partial charge in [0, 0.05) is 13.1 Å². The monoisotopic (exact) mass is 227 g/mol. The minimum absolute atomic E-state index is 1.16. The molecule has 1 heterocycles. The predicted molar refractivity (Wildman–Crippen MR) is 70.9 cm³/mol. The van der Waals surface area contributed by atoms with Gasteiger partial charge in [-0.15, -0.1) is 0 Å². The molecule has 0 atom stereocenters. The third kappa shape index (κ3) is 6.46. The highest BCUT2D eigenvalue weighted by Gasteiger charge is 2.11. The number of likely N-dealkylation sites (N-methyl/N-ethyl adjacent to an activating group) is 1. The lowest BCUT2D eigenvalue weighted by molar-refractivity contribution is 0.255. The van der Waals surface area contributed by atoms with E-state index in [0.717, 1.165) is 6.54 Å². The van der Waals surface area contributed by atoms with Crippen molar-refractivity contribution < 1.29 is 0 Å². The van der Waals surface area contributed by atoms with Gasteiger partial charge in [0.2, 0.25) is 0 Å². The van der Waals surface area contributed by atoms with E-state index in [1.807, 2.05) is 0 Å². The molecule has 96 valence electrons. The minimum Gasteiger partial charge on any atom is -0.317 e. The highest BCUT2D eigenvalue weighted by atomic mass is 15.2. The van der Waals surface area contributed by atoms with Crippen molar-refractivity contribution in [2.24, 2.45) is 0 Å². The van der Waals surface area contributed by atoms with Crippen LogP contribution < -0.4 is 5.32 Å². The first-order valence-corrected chi connectivity index (χ1v) is 6.94. The number of nitrogens with one attached hydrogen (secondary N) is 1. The highest BCUT2D eigenvalue weighted by molar-refractivity contribution is 4.67. The fourth-order valence-electron chi connectivity index (χ4n) is 2.21. The van der Waals surface area contributed by atoms with Gasteiger partial charge in [-0.3, -0.25) is 0 Å². The van der Waals surface area contributed by atoms with Crippen molar-refractivity contribution in [3.8, 4) is 0 Å². The van der Waals surface area contributed by atoms with Crippen LogP contribution in [0.1, 0.15) is 32.6 Å². The summed E-state index contributed by atoms with van der Waals surface area (Å²) < 4.78 is 0. The predicted octanol–water partition coefficient (Wildman–Crippen LogP) is 1.40. The van der Waals surface area contributed by atoms with Crippen LogP contribution >= 0.6 is 0 Å². The van der Waals surface area contributed by atoms with Crippen molar-refractivity contribution in [3.05, 3.63) is 0 Å². The fraction of sp³-hybridized carbons (Fsp3) is 1.00. The van der Waals surface area contributed by atoms with Gasteiger partial charge in [-0.25, -0.2) is 0 Å². The van der Waals surface area contributed by atoms with Gasteiger partial charge in [0.05, 0.1) is 0 Å². The first-order valence-electron chi connectivity index (χ1n) is 6.94. The summed E-state index contributed by atoms with van der Waals surface area (Å²) in [4.78, 5) is 5.05. The number of hydrogen-bond acceptors (Lipinski definition) is 3. The maximum Gasteiger partial charge on any atom is 0.0109 e. The van der Waals surface area contributed by atoms with Crippen LogP contribution in [0.4, 0.5) is 0 Å². The summed E-state index contributed by atoms with van der Waals surface area (Å²) in [5.41, 5.74) is 0. The first-order chi connectivity index (χ1) is 7.83. The zero-order chi connectivity index (χ0) is 11.6. The maximum atomic E-state index is 3.45. The summed E-state index contributed by atoms with van der Waals surface area (Å²) in [6.07, 6.45) is 5.33. The number of likely N-dealkylation sites (tertiary alicyclic amines) is 1. The topological polar surface area (TPSA) is 18.5 Å². The van der Waals surface area contributed by atoms with Gasteiger partial charge in [-0.1, -0.05) is 6.92 Å². The van der Waals surface area contributed by atoms with Gasteiger partial charge in [0.15, 0.2) is 0 Å². The molecule has 1 saturated heterocycles. The van der Waals surface area contributed by atoms with E-state index < -0.39 is 0 Å².